The Morgan fingerprint density at radius 2 is 1.50 bits per heavy atom. The SMILES string of the molecule is CS(=O)(=O)C(C#N)=Cc1ccc(Nc2nc(Cl)nc(Nc3ccc(C(=O)O)cc3)n2)cc1. The van der Waals surface area contributed by atoms with Crippen LogP contribution in [0.5, 0.6) is 0 Å². The van der Waals surface area contributed by atoms with Gasteiger partial charge < -0.3 is 15.7 Å². The molecule has 0 unspecified atom stereocenters. The number of hydrogen-bond acceptors (Lipinski definition) is 9. The van der Waals surface area contributed by atoms with E-state index in [1.807, 2.05) is 0 Å². The van der Waals surface area contributed by atoms with Crippen molar-refractivity contribution in [1.82, 2.24) is 15.0 Å². The monoisotopic (exact) mass is 470 g/mol. The Morgan fingerprint density at radius 3 is 1.94 bits per heavy atom. The van der Waals surface area contributed by atoms with Gasteiger partial charge in [0, 0.05) is 17.6 Å². The van der Waals surface area contributed by atoms with E-state index in [0.29, 0.717) is 16.9 Å². The fourth-order valence-corrected chi connectivity index (χ4v) is 3.13. The Kier molecular flexibility index (Phi) is 6.67. The lowest BCUT2D eigenvalue weighted by Crippen LogP contribution is -2.04. The van der Waals surface area contributed by atoms with Gasteiger partial charge >= 0.3 is 5.97 Å². The van der Waals surface area contributed by atoms with Gasteiger partial charge in [-0.05, 0) is 59.6 Å². The molecule has 12 heteroatoms. The molecule has 1 heterocycles. The minimum Gasteiger partial charge on any atom is -0.478 e. The summed E-state index contributed by atoms with van der Waals surface area (Å²) in [5, 5.41) is 23.7. The zero-order valence-corrected chi connectivity index (χ0v) is 18.0. The number of aromatic carboxylic acids is 1. The van der Waals surface area contributed by atoms with E-state index in [1.54, 1.807) is 42.5 Å². The average molecular weight is 471 g/mol. The van der Waals surface area contributed by atoms with E-state index >= 15 is 0 Å². The van der Waals surface area contributed by atoms with Crippen LogP contribution in [0.25, 0.3) is 6.08 Å². The lowest BCUT2D eigenvalue weighted by atomic mass is 10.2. The van der Waals surface area contributed by atoms with Gasteiger partial charge in [0.05, 0.1) is 5.56 Å². The molecular weight excluding hydrogens is 456 g/mol. The number of nitriles is 1. The highest BCUT2D eigenvalue weighted by molar-refractivity contribution is 7.95. The van der Waals surface area contributed by atoms with Crippen molar-refractivity contribution in [3.63, 3.8) is 0 Å². The van der Waals surface area contributed by atoms with Crippen LogP contribution in [0.3, 0.4) is 0 Å². The largest absolute Gasteiger partial charge is 0.478 e. The molecule has 0 fully saturated rings. The van der Waals surface area contributed by atoms with Crippen molar-refractivity contribution in [2.75, 3.05) is 16.9 Å². The summed E-state index contributed by atoms with van der Waals surface area (Å²) in [6, 6.07) is 14.2. The van der Waals surface area contributed by atoms with Gasteiger partial charge in [-0.3, -0.25) is 0 Å². The van der Waals surface area contributed by atoms with Gasteiger partial charge in [-0.15, -0.1) is 0 Å². The van der Waals surface area contributed by atoms with Gasteiger partial charge in [-0.25, -0.2) is 13.2 Å². The molecule has 0 aliphatic heterocycles. The number of nitrogens with zero attached hydrogens (tertiary/aromatic N) is 4. The molecule has 32 heavy (non-hydrogen) atoms. The molecule has 3 rings (SSSR count). The molecule has 3 aromatic rings. The topological polar surface area (TPSA) is 158 Å². The smallest absolute Gasteiger partial charge is 0.335 e. The number of allylic oxidation sites excluding steroid dienone is 1. The van der Waals surface area contributed by atoms with Crippen molar-refractivity contribution in [1.29, 1.82) is 5.26 Å². The van der Waals surface area contributed by atoms with Crippen LogP contribution in [-0.2, 0) is 9.84 Å². The highest BCUT2D eigenvalue weighted by atomic mass is 35.5. The lowest BCUT2D eigenvalue weighted by Gasteiger charge is -2.09. The normalized spacial score (nSPS) is 11.5. The lowest BCUT2D eigenvalue weighted by molar-refractivity contribution is 0.0697. The summed E-state index contributed by atoms with van der Waals surface area (Å²) in [5.41, 5.74) is 1.80. The summed E-state index contributed by atoms with van der Waals surface area (Å²) in [6.45, 7) is 0. The number of hydrogen-bond donors (Lipinski definition) is 3. The number of carbonyl (C=O) groups is 1. The number of carboxylic acid groups (broad SMARTS) is 1. The molecule has 10 nitrogen and oxygen atoms in total. The number of aromatic nitrogens is 3. The van der Waals surface area contributed by atoms with Gasteiger partial charge in [0.25, 0.3) is 0 Å². The Balaban J connectivity index is 1.77. The molecule has 0 saturated heterocycles. The average Bonchev–Trinajstić information content (AvgIpc) is 2.72. The summed E-state index contributed by atoms with van der Waals surface area (Å²) in [5.74, 6) is -0.748. The van der Waals surface area contributed by atoms with E-state index in [0.717, 1.165) is 6.26 Å². The third-order valence-corrected chi connectivity index (χ3v) is 5.15. The zero-order valence-electron chi connectivity index (χ0n) is 16.4. The predicted octanol–water partition coefficient (Wildman–Crippen LogP) is 3.62. The molecule has 3 N–H and O–H groups in total. The molecule has 0 radical (unpaired) electrons. The summed E-state index contributed by atoms with van der Waals surface area (Å²) in [4.78, 5) is 22.8. The maximum atomic E-state index is 11.5. The second kappa shape index (κ2) is 9.42. The number of carboxylic acids is 1. The molecule has 0 saturated carbocycles. The van der Waals surface area contributed by atoms with E-state index in [9.17, 15) is 13.2 Å². The first-order valence-corrected chi connectivity index (χ1v) is 11.1. The van der Waals surface area contributed by atoms with Crippen LogP contribution >= 0.6 is 11.6 Å². The van der Waals surface area contributed by atoms with Crippen molar-refractivity contribution in [2.24, 2.45) is 0 Å². The Bertz CT molecular complexity index is 1330. The maximum absolute atomic E-state index is 11.5. The first-order chi connectivity index (χ1) is 15.1. The number of benzene rings is 2. The quantitative estimate of drug-likeness (QED) is 0.435. The Labute approximate surface area is 188 Å². The molecule has 1 aromatic heterocycles. The van der Waals surface area contributed by atoms with Crippen molar-refractivity contribution in [3.8, 4) is 6.07 Å². The van der Waals surface area contributed by atoms with Crippen LogP contribution in [0.2, 0.25) is 5.28 Å². The second-order valence-electron chi connectivity index (χ2n) is 6.40. The zero-order chi connectivity index (χ0) is 23.3. The van der Waals surface area contributed by atoms with E-state index in [-0.39, 0.29) is 27.6 Å². The number of rotatable bonds is 7. The molecular formula is C20H15ClN6O4S. The highest BCUT2D eigenvalue weighted by Crippen LogP contribution is 2.20. The Morgan fingerprint density at radius 1 is 1.00 bits per heavy atom. The summed E-state index contributed by atoms with van der Waals surface area (Å²) < 4.78 is 23.1. The van der Waals surface area contributed by atoms with Crippen LogP contribution < -0.4 is 10.6 Å². The molecule has 162 valence electrons. The van der Waals surface area contributed by atoms with E-state index < -0.39 is 15.8 Å². The van der Waals surface area contributed by atoms with Crippen LogP contribution in [0, 0.1) is 11.3 Å². The molecule has 0 amide bonds. The van der Waals surface area contributed by atoms with Crippen molar-refractivity contribution >= 4 is 56.8 Å². The highest BCUT2D eigenvalue weighted by Gasteiger charge is 2.11. The fraction of sp³-hybridized carbons (Fsp3) is 0.0500. The predicted molar refractivity (Wildman–Crippen MR) is 120 cm³/mol. The van der Waals surface area contributed by atoms with E-state index in [2.05, 4.69) is 25.6 Å². The minimum absolute atomic E-state index is 0.0708. The number of sulfone groups is 1. The van der Waals surface area contributed by atoms with E-state index in [1.165, 1.54) is 18.2 Å². The molecule has 0 atom stereocenters. The van der Waals surface area contributed by atoms with Gasteiger partial charge in [0.1, 0.15) is 11.0 Å². The second-order valence-corrected chi connectivity index (χ2v) is 8.72. The van der Waals surface area contributed by atoms with Crippen LogP contribution in [0.15, 0.2) is 53.4 Å². The van der Waals surface area contributed by atoms with Gasteiger partial charge in [-0.1, -0.05) is 12.1 Å². The van der Waals surface area contributed by atoms with Crippen molar-refractivity contribution in [3.05, 3.63) is 69.8 Å². The van der Waals surface area contributed by atoms with Gasteiger partial charge in [0.2, 0.25) is 17.2 Å². The third kappa shape index (κ3) is 6.00. The molecule has 0 aliphatic rings. The molecule has 2 aromatic carbocycles. The van der Waals surface area contributed by atoms with Gasteiger partial charge in [-0.2, -0.15) is 20.2 Å². The fourth-order valence-electron chi connectivity index (χ4n) is 2.45. The number of anilines is 4. The Hall–Kier alpha value is -4.01. The first-order valence-electron chi connectivity index (χ1n) is 8.85. The standard InChI is InChI=1S/C20H15ClN6O4S/c1-32(30,31)16(11-22)10-12-2-6-14(7-3-12)23-19-25-18(21)26-20(27-19)24-15-8-4-13(5-9-15)17(28)29/h2-10H,1H3,(H,28,29)(H2,23,24,25,26,27). The van der Waals surface area contributed by atoms with Crippen LogP contribution in [0.4, 0.5) is 23.3 Å². The van der Waals surface area contributed by atoms with Gasteiger partial charge in [0.15, 0.2) is 9.84 Å². The first kappa shape index (κ1) is 22.7. The van der Waals surface area contributed by atoms with Crippen LogP contribution in [-0.4, -0.2) is 40.7 Å². The molecule has 0 aliphatic carbocycles. The maximum Gasteiger partial charge on any atom is 0.335 e. The molecule has 0 bridgehead atoms. The number of halogens is 1. The van der Waals surface area contributed by atoms with Crippen LogP contribution in [0.1, 0.15) is 15.9 Å². The summed E-state index contributed by atoms with van der Waals surface area (Å²) >= 11 is 5.98. The number of nitrogens with one attached hydrogen (secondary N) is 2. The molecule has 0 spiro atoms. The van der Waals surface area contributed by atoms with E-state index in [4.69, 9.17) is 22.0 Å². The van der Waals surface area contributed by atoms with Crippen molar-refractivity contribution in [2.45, 2.75) is 0 Å². The minimum atomic E-state index is -3.61. The van der Waals surface area contributed by atoms with Crippen molar-refractivity contribution < 1.29 is 18.3 Å². The summed E-state index contributed by atoms with van der Waals surface area (Å²) in [7, 11) is -3.61. The third-order valence-electron chi connectivity index (χ3n) is 3.97. The summed E-state index contributed by atoms with van der Waals surface area (Å²) in [6.07, 6.45) is 2.24.